The van der Waals surface area contributed by atoms with Crippen molar-refractivity contribution in [1.82, 2.24) is 15.5 Å². The Morgan fingerprint density at radius 1 is 1.15 bits per heavy atom. The molecule has 0 unspecified atom stereocenters. The van der Waals surface area contributed by atoms with E-state index in [0.29, 0.717) is 13.2 Å². The van der Waals surface area contributed by atoms with Crippen LogP contribution in [0.2, 0.25) is 0 Å². The first kappa shape index (κ1) is 20.5. The van der Waals surface area contributed by atoms with Gasteiger partial charge in [-0.2, -0.15) is 0 Å². The molecule has 2 rings (SSSR count). The van der Waals surface area contributed by atoms with Crippen molar-refractivity contribution in [3.63, 3.8) is 0 Å². The molecule has 1 aliphatic rings. The summed E-state index contributed by atoms with van der Waals surface area (Å²) in [4.78, 5) is 7.17. The van der Waals surface area contributed by atoms with Gasteiger partial charge in [0.05, 0.1) is 26.9 Å². The van der Waals surface area contributed by atoms with Crippen LogP contribution in [0, 0.1) is 0 Å². The molecule has 0 amide bonds. The number of rotatable bonds is 10. The Hall–Kier alpha value is -1.79. The van der Waals surface area contributed by atoms with Crippen LogP contribution in [0.4, 0.5) is 0 Å². The molecule has 1 saturated heterocycles. The lowest BCUT2D eigenvalue weighted by atomic mass is 10.1. The SMILES string of the molecule is CCNC(=NCCN1CCCCC1)NCCOCc1ccccc1OC. The number of nitrogens with one attached hydrogen (secondary N) is 2. The Kier molecular flexibility index (Phi) is 9.90. The molecule has 0 aromatic heterocycles. The summed E-state index contributed by atoms with van der Waals surface area (Å²) in [5.74, 6) is 1.73. The molecule has 2 N–H and O–H groups in total. The maximum atomic E-state index is 5.76. The van der Waals surface area contributed by atoms with Gasteiger partial charge in [0.15, 0.2) is 5.96 Å². The van der Waals surface area contributed by atoms with E-state index in [1.54, 1.807) is 7.11 Å². The molecule has 26 heavy (non-hydrogen) atoms. The van der Waals surface area contributed by atoms with Crippen molar-refractivity contribution in [2.75, 3.05) is 53.0 Å². The molecule has 0 atom stereocenters. The second-order valence-corrected chi connectivity index (χ2v) is 6.45. The second-order valence-electron chi connectivity index (χ2n) is 6.45. The minimum atomic E-state index is 0.550. The number of methoxy groups -OCH3 is 1. The van der Waals surface area contributed by atoms with Crippen molar-refractivity contribution in [2.45, 2.75) is 32.8 Å². The summed E-state index contributed by atoms with van der Waals surface area (Å²) >= 11 is 0. The number of hydrogen-bond acceptors (Lipinski definition) is 4. The Labute approximate surface area is 158 Å². The zero-order valence-corrected chi connectivity index (χ0v) is 16.3. The summed E-state index contributed by atoms with van der Waals surface area (Å²) in [6.45, 7) is 9.15. The fraction of sp³-hybridized carbons (Fsp3) is 0.650. The minimum Gasteiger partial charge on any atom is -0.496 e. The van der Waals surface area contributed by atoms with Gasteiger partial charge in [-0.05, 0) is 38.9 Å². The maximum Gasteiger partial charge on any atom is 0.191 e. The third kappa shape index (κ3) is 7.62. The number of ether oxygens (including phenoxy) is 2. The topological polar surface area (TPSA) is 58.1 Å². The quantitative estimate of drug-likeness (QED) is 0.380. The van der Waals surface area contributed by atoms with Crippen molar-refractivity contribution >= 4 is 5.96 Å². The summed E-state index contributed by atoms with van der Waals surface area (Å²) < 4.78 is 11.1. The number of guanidine groups is 1. The van der Waals surface area contributed by atoms with Gasteiger partial charge in [-0.1, -0.05) is 24.6 Å². The number of nitrogens with zero attached hydrogens (tertiary/aromatic N) is 2. The van der Waals surface area contributed by atoms with Gasteiger partial charge in [-0.25, -0.2) is 0 Å². The van der Waals surface area contributed by atoms with Gasteiger partial charge >= 0.3 is 0 Å². The zero-order chi connectivity index (χ0) is 18.5. The zero-order valence-electron chi connectivity index (χ0n) is 16.3. The molecular formula is C20H34N4O2. The van der Waals surface area contributed by atoms with E-state index in [9.17, 15) is 0 Å². The number of para-hydroxylation sites is 1. The van der Waals surface area contributed by atoms with E-state index >= 15 is 0 Å². The molecule has 0 bridgehead atoms. The summed E-state index contributed by atoms with van der Waals surface area (Å²) in [7, 11) is 1.68. The van der Waals surface area contributed by atoms with Crippen LogP contribution in [0.15, 0.2) is 29.3 Å². The summed E-state index contributed by atoms with van der Waals surface area (Å²) in [6.07, 6.45) is 4.02. The number of piperidine rings is 1. The smallest absolute Gasteiger partial charge is 0.191 e. The van der Waals surface area contributed by atoms with Crippen molar-refractivity contribution in [3.05, 3.63) is 29.8 Å². The fourth-order valence-electron chi connectivity index (χ4n) is 3.07. The van der Waals surface area contributed by atoms with Gasteiger partial charge in [0.2, 0.25) is 0 Å². The first-order valence-corrected chi connectivity index (χ1v) is 9.77. The lowest BCUT2D eigenvalue weighted by molar-refractivity contribution is 0.123. The molecule has 0 aliphatic carbocycles. The van der Waals surface area contributed by atoms with Gasteiger partial charge in [-0.3, -0.25) is 4.99 Å². The monoisotopic (exact) mass is 362 g/mol. The summed E-state index contributed by atoms with van der Waals surface area (Å²) in [6, 6.07) is 7.94. The lowest BCUT2D eigenvalue weighted by Crippen LogP contribution is -2.40. The van der Waals surface area contributed by atoms with E-state index in [4.69, 9.17) is 9.47 Å². The predicted molar refractivity (Wildman–Crippen MR) is 107 cm³/mol. The second kappa shape index (κ2) is 12.5. The molecule has 1 fully saturated rings. The van der Waals surface area contributed by atoms with E-state index < -0.39 is 0 Å². The predicted octanol–water partition coefficient (Wildman–Crippen LogP) is 2.25. The summed E-state index contributed by atoms with van der Waals surface area (Å²) in [5, 5.41) is 6.63. The van der Waals surface area contributed by atoms with Gasteiger partial charge in [-0.15, -0.1) is 0 Å². The highest BCUT2D eigenvalue weighted by Gasteiger charge is 2.09. The lowest BCUT2D eigenvalue weighted by Gasteiger charge is -2.25. The normalized spacial score (nSPS) is 15.7. The van der Waals surface area contributed by atoms with E-state index in [1.807, 2.05) is 24.3 Å². The molecule has 1 aromatic carbocycles. The van der Waals surface area contributed by atoms with Crippen LogP contribution in [0.25, 0.3) is 0 Å². The van der Waals surface area contributed by atoms with E-state index in [-0.39, 0.29) is 0 Å². The molecule has 1 aliphatic heterocycles. The first-order valence-electron chi connectivity index (χ1n) is 9.77. The van der Waals surface area contributed by atoms with Gasteiger partial charge < -0.3 is 25.0 Å². The van der Waals surface area contributed by atoms with E-state index in [0.717, 1.165) is 43.5 Å². The van der Waals surface area contributed by atoms with Crippen LogP contribution < -0.4 is 15.4 Å². The van der Waals surface area contributed by atoms with Gasteiger partial charge in [0.1, 0.15) is 5.75 Å². The Morgan fingerprint density at radius 2 is 1.96 bits per heavy atom. The van der Waals surface area contributed by atoms with Crippen molar-refractivity contribution in [1.29, 1.82) is 0 Å². The molecule has 146 valence electrons. The van der Waals surface area contributed by atoms with Crippen molar-refractivity contribution < 1.29 is 9.47 Å². The van der Waals surface area contributed by atoms with Crippen LogP contribution in [0.3, 0.4) is 0 Å². The highest BCUT2D eigenvalue weighted by Crippen LogP contribution is 2.17. The molecule has 1 heterocycles. The Balaban J connectivity index is 1.64. The van der Waals surface area contributed by atoms with E-state index in [1.165, 1.54) is 32.4 Å². The Morgan fingerprint density at radius 3 is 2.73 bits per heavy atom. The van der Waals surface area contributed by atoms with Crippen LogP contribution in [0.1, 0.15) is 31.7 Å². The van der Waals surface area contributed by atoms with Crippen LogP contribution in [-0.2, 0) is 11.3 Å². The number of benzene rings is 1. The Bertz CT molecular complexity index is 530. The van der Waals surface area contributed by atoms with Gasteiger partial charge in [0, 0.05) is 25.2 Å². The van der Waals surface area contributed by atoms with E-state index in [2.05, 4.69) is 27.4 Å². The molecule has 0 spiro atoms. The highest BCUT2D eigenvalue weighted by molar-refractivity contribution is 5.79. The largest absolute Gasteiger partial charge is 0.496 e. The minimum absolute atomic E-state index is 0.550. The summed E-state index contributed by atoms with van der Waals surface area (Å²) in [5.41, 5.74) is 1.07. The molecule has 1 aromatic rings. The van der Waals surface area contributed by atoms with Crippen molar-refractivity contribution in [3.8, 4) is 5.75 Å². The molecule has 0 radical (unpaired) electrons. The number of hydrogen-bond donors (Lipinski definition) is 2. The molecule has 0 saturated carbocycles. The molecule has 6 heteroatoms. The third-order valence-corrected chi connectivity index (χ3v) is 4.47. The average Bonchev–Trinajstić information content (AvgIpc) is 2.69. The first-order chi connectivity index (χ1) is 12.8. The van der Waals surface area contributed by atoms with Crippen LogP contribution >= 0.6 is 0 Å². The van der Waals surface area contributed by atoms with Crippen LogP contribution in [-0.4, -0.2) is 63.8 Å². The maximum absolute atomic E-state index is 5.76. The molecule has 6 nitrogen and oxygen atoms in total. The number of likely N-dealkylation sites (tertiary alicyclic amines) is 1. The number of aliphatic imine (C=N–C) groups is 1. The standard InChI is InChI=1S/C20H34N4O2/c1-3-21-20(22-11-15-24-13-7-4-8-14-24)23-12-16-26-17-18-9-5-6-10-19(18)25-2/h5-6,9-10H,3-4,7-8,11-17H2,1-2H3,(H2,21,22,23). The third-order valence-electron chi connectivity index (χ3n) is 4.47. The van der Waals surface area contributed by atoms with Crippen molar-refractivity contribution in [2.24, 2.45) is 4.99 Å². The average molecular weight is 363 g/mol. The van der Waals surface area contributed by atoms with Crippen LogP contribution in [0.5, 0.6) is 5.75 Å². The van der Waals surface area contributed by atoms with Gasteiger partial charge in [0.25, 0.3) is 0 Å². The molecular weight excluding hydrogens is 328 g/mol. The fourth-order valence-corrected chi connectivity index (χ4v) is 3.07. The highest BCUT2D eigenvalue weighted by atomic mass is 16.5.